The highest BCUT2D eigenvalue weighted by molar-refractivity contribution is 6.31. The fourth-order valence-corrected chi connectivity index (χ4v) is 4.56. The number of benzene rings is 3. The Morgan fingerprint density at radius 3 is 2.68 bits per heavy atom. The molecular weight excluding hydrogens is 413 g/mol. The maximum atomic E-state index is 13.6. The van der Waals surface area contributed by atoms with Crippen molar-refractivity contribution < 1.29 is 9.18 Å². The number of amides is 2. The molecule has 31 heavy (non-hydrogen) atoms. The molecule has 3 aromatic carbocycles. The van der Waals surface area contributed by atoms with Crippen LogP contribution in [-0.2, 0) is 6.42 Å². The zero-order chi connectivity index (χ0) is 21.5. The molecule has 2 N–H and O–H groups in total. The lowest BCUT2D eigenvalue weighted by Crippen LogP contribution is -2.43. The fourth-order valence-electron chi connectivity index (χ4n) is 4.38. The Kier molecular flexibility index (Phi) is 4.91. The van der Waals surface area contributed by atoms with Crippen molar-refractivity contribution in [1.29, 1.82) is 0 Å². The molecule has 0 saturated carbocycles. The van der Waals surface area contributed by atoms with Crippen molar-refractivity contribution in [3.05, 3.63) is 100.0 Å². The fraction of sp³-hybridized carbons (Fsp3) is 0.160. The van der Waals surface area contributed by atoms with Gasteiger partial charge in [-0.15, -0.1) is 0 Å². The van der Waals surface area contributed by atoms with Gasteiger partial charge in [0.2, 0.25) is 0 Å². The Balaban J connectivity index is 1.58. The molecule has 0 spiro atoms. The molecule has 1 aromatic heterocycles. The molecule has 4 aromatic rings. The second-order valence-electron chi connectivity index (χ2n) is 7.80. The highest BCUT2D eigenvalue weighted by atomic mass is 35.5. The second kappa shape index (κ2) is 7.75. The first-order valence-corrected chi connectivity index (χ1v) is 10.6. The number of nitrogens with one attached hydrogen (secondary N) is 2. The molecule has 0 aliphatic carbocycles. The van der Waals surface area contributed by atoms with Crippen LogP contribution in [0.1, 0.15) is 28.4 Å². The smallest absolute Gasteiger partial charge is 0.322 e. The van der Waals surface area contributed by atoms with Crippen molar-refractivity contribution in [3.63, 3.8) is 0 Å². The van der Waals surface area contributed by atoms with Crippen molar-refractivity contribution >= 4 is 34.2 Å². The van der Waals surface area contributed by atoms with E-state index in [0.29, 0.717) is 17.3 Å². The lowest BCUT2D eigenvalue weighted by Gasteiger charge is -2.36. The van der Waals surface area contributed by atoms with E-state index in [9.17, 15) is 9.18 Å². The first-order chi connectivity index (χ1) is 15.0. The standard InChI is InChI=1S/C25H21ClFN3O/c1-15-20(26)6-4-8-21(15)29-25(31)30-14-13-19-18-5-2-3-7-22(18)28-23(19)24(30)16-9-11-17(27)12-10-16/h2-12,24,28H,13-14H2,1H3,(H,29,31)/t24-/m0/s1. The predicted molar refractivity (Wildman–Crippen MR) is 122 cm³/mol. The van der Waals surface area contributed by atoms with Crippen LogP contribution in [0.2, 0.25) is 5.02 Å². The molecule has 2 heterocycles. The van der Waals surface area contributed by atoms with E-state index in [2.05, 4.69) is 16.4 Å². The molecule has 1 aliphatic heterocycles. The van der Waals surface area contributed by atoms with Crippen LogP contribution in [0, 0.1) is 12.7 Å². The molecule has 1 atom stereocenters. The first-order valence-electron chi connectivity index (χ1n) is 10.2. The van der Waals surface area contributed by atoms with Crippen molar-refractivity contribution in [2.24, 2.45) is 0 Å². The van der Waals surface area contributed by atoms with E-state index in [4.69, 9.17) is 11.6 Å². The third-order valence-electron chi connectivity index (χ3n) is 5.99. The van der Waals surface area contributed by atoms with E-state index in [1.807, 2.05) is 37.3 Å². The van der Waals surface area contributed by atoms with E-state index >= 15 is 0 Å². The van der Waals surface area contributed by atoms with Gasteiger partial charge in [0.05, 0.1) is 6.04 Å². The van der Waals surface area contributed by atoms with Crippen LogP contribution in [0.25, 0.3) is 10.9 Å². The number of aromatic nitrogens is 1. The van der Waals surface area contributed by atoms with Gasteiger partial charge in [0.15, 0.2) is 0 Å². The molecule has 0 radical (unpaired) electrons. The normalized spacial score (nSPS) is 15.7. The highest BCUT2D eigenvalue weighted by Gasteiger charge is 2.34. The van der Waals surface area contributed by atoms with Gasteiger partial charge in [-0.25, -0.2) is 9.18 Å². The number of halogens is 2. The van der Waals surface area contributed by atoms with Crippen molar-refractivity contribution in [2.45, 2.75) is 19.4 Å². The molecule has 1 aliphatic rings. The number of para-hydroxylation sites is 1. The molecule has 5 rings (SSSR count). The van der Waals surface area contributed by atoms with Gasteiger partial charge < -0.3 is 15.2 Å². The van der Waals surface area contributed by atoms with Crippen LogP contribution in [-0.4, -0.2) is 22.5 Å². The van der Waals surface area contributed by atoms with Crippen LogP contribution in [0.3, 0.4) is 0 Å². The van der Waals surface area contributed by atoms with Crippen molar-refractivity contribution in [3.8, 4) is 0 Å². The number of H-pyrrole nitrogens is 1. The molecule has 0 unspecified atom stereocenters. The number of anilines is 1. The van der Waals surface area contributed by atoms with Crippen LogP contribution < -0.4 is 5.32 Å². The zero-order valence-electron chi connectivity index (χ0n) is 17.0. The van der Waals surface area contributed by atoms with Gasteiger partial charge in [-0.1, -0.05) is 48.0 Å². The zero-order valence-corrected chi connectivity index (χ0v) is 17.7. The highest BCUT2D eigenvalue weighted by Crippen LogP contribution is 2.39. The Bertz CT molecular complexity index is 1280. The summed E-state index contributed by atoms with van der Waals surface area (Å²) >= 11 is 6.23. The third kappa shape index (κ3) is 3.45. The van der Waals surface area contributed by atoms with E-state index in [0.717, 1.165) is 34.1 Å². The minimum absolute atomic E-state index is 0.219. The predicted octanol–water partition coefficient (Wildman–Crippen LogP) is 6.45. The van der Waals surface area contributed by atoms with E-state index < -0.39 is 0 Å². The largest absolute Gasteiger partial charge is 0.356 e. The van der Waals surface area contributed by atoms with E-state index in [1.165, 1.54) is 17.7 Å². The SMILES string of the molecule is Cc1c(Cl)cccc1NC(=O)N1CCc2c([nH]c3ccccc23)[C@@H]1c1ccc(F)cc1. The van der Waals surface area contributed by atoms with E-state index in [1.54, 1.807) is 23.1 Å². The lowest BCUT2D eigenvalue weighted by atomic mass is 9.92. The molecule has 2 amide bonds. The summed E-state index contributed by atoms with van der Waals surface area (Å²) in [5.74, 6) is -0.304. The van der Waals surface area contributed by atoms with Crippen LogP contribution in [0.4, 0.5) is 14.9 Å². The number of carbonyl (C=O) groups is 1. The number of rotatable bonds is 2. The van der Waals surface area contributed by atoms with Crippen LogP contribution in [0.5, 0.6) is 0 Å². The minimum atomic E-state index is -0.351. The van der Waals surface area contributed by atoms with Crippen LogP contribution >= 0.6 is 11.6 Å². The maximum Gasteiger partial charge on any atom is 0.322 e. The van der Waals surface area contributed by atoms with Gasteiger partial charge in [-0.05, 0) is 60.4 Å². The Labute approximate surface area is 184 Å². The number of aromatic amines is 1. The van der Waals surface area contributed by atoms with Gasteiger partial charge in [0.25, 0.3) is 0 Å². The van der Waals surface area contributed by atoms with Gasteiger partial charge in [-0.2, -0.15) is 0 Å². The molecule has 6 heteroatoms. The molecule has 0 fully saturated rings. The molecule has 0 saturated heterocycles. The first kappa shape index (κ1) is 19.6. The molecule has 156 valence electrons. The number of hydrogen-bond acceptors (Lipinski definition) is 1. The average Bonchev–Trinajstić information content (AvgIpc) is 3.15. The number of urea groups is 1. The number of fused-ring (bicyclic) bond motifs is 3. The Hall–Kier alpha value is -3.31. The molecule has 0 bridgehead atoms. The van der Waals surface area contributed by atoms with Gasteiger partial charge >= 0.3 is 6.03 Å². The number of hydrogen-bond donors (Lipinski definition) is 2. The lowest BCUT2D eigenvalue weighted by molar-refractivity contribution is 0.193. The summed E-state index contributed by atoms with van der Waals surface area (Å²) in [7, 11) is 0. The third-order valence-corrected chi connectivity index (χ3v) is 6.40. The van der Waals surface area contributed by atoms with Crippen molar-refractivity contribution in [2.75, 3.05) is 11.9 Å². The molecular formula is C25H21ClFN3O. The molecule has 4 nitrogen and oxygen atoms in total. The monoisotopic (exact) mass is 433 g/mol. The topological polar surface area (TPSA) is 48.1 Å². The summed E-state index contributed by atoms with van der Waals surface area (Å²) in [4.78, 5) is 18.7. The maximum absolute atomic E-state index is 13.6. The van der Waals surface area contributed by atoms with Gasteiger partial charge in [0.1, 0.15) is 5.82 Å². The summed E-state index contributed by atoms with van der Waals surface area (Å²) in [6.07, 6.45) is 0.735. The quantitative estimate of drug-likeness (QED) is 0.375. The van der Waals surface area contributed by atoms with E-state index in [-0.39, 0.29) is 17.9 Å². The van der Waals surface area contributed by atoms with Gasteiger partial charge in [0, 0.05) is 33.9 Å². The average molecular weight is 434 g/mol. The summed E-state index contributed by atoms with van der Waals surface area (Å²) < 4.78 is 13.6. The summed E-state index contributed by atoms with van der Waals surface area (Å²) in [5, 5.41) is 4.77. The minimum Gasteiger partial charge on any atom is -0.356 e. The Morgan fingerprint density at radius 2 is 1.87 bits per heavy atom. The summed E-state index contributed by atoms with van der Waals surface area (Å²) in [6.45, 7) is 2.42. The van der Waals surface area contributed by atoms with Crippen molar-refractivity contribution in [1.82, 2.24) is 9.88 Å². The summed E-state index contributed by atoms with van der Waals surface area (Å²) in [6, 6.07) is 19.4. The van der Waals surface area contributed by atoms with Crippen LogP contribution in [0.15, 0.2) is 66.7 Å². The number of nitrogens with zero attached hydrogens (tertiary/aromatic N) is 1. The summed E-state index contributed by atoms with van der Waals surface area (Å²) in [5.41, 5.74) is 5.56. The second-order valence-corrected chi connectivity index (χ2v) is 8.21. The number of carbonyl (C=O) groups excluding carboxylic acids is 1. The Morgan fingerprint density at radius 1 is 1.10 bits per heavy atom. The van der Waals surface area contributed by atoms with Gasteiger partial charge in [-0.3, -0.25) is 0 Å².